The molecule has 1 heterocycles. The zero-order valence-corrected chi connectivity index (χ0v) is 10.5. The number of carboxylic acids is 1. The fraction of sp³-hybridized carbons (Fsp3) is 0.833. The third-order valence-corrected chi connectivity index (χ3v) is 3.44. The molecule has 98 valence electrons. The van der Waals surface area contributed by atoms with Crippen LogP contribution in [0.15, 0.2) is 0 Å². The zero-order chi connectivity index (χ0) is 12.8. The molecule has 3 atom stereocenters. The minimum absolute atomic E-state index is 0.0481. The SMILES string of the molecule is CCC(C)C(NC(=O)[C@H]1CCCNC1)C(=O)O. The zero-order valence-electron chi connectivity index (χ0n) is 10.5. The molecule has 1 amide bonds. The molecule has 0 saturated carbocycles. The Hall–Kier alpha value is -1.10. The van der Waals surface area contributed by atoms with Gasteiger partial charge in [-0.15, -0.1) is 0 Å². The number of nitrogens with one attached hydrogen (secondary N) is 2. The summed E-state index contributed by atoms with van der Waals surface area (Å²) in [6.07, 6.45) is 2.55. The van der Waals surface area contributed by atoms with Gasteiger partial charge in [0.1, 0.15) is 6.04 Å². The Labute approximate surface area is 102 Å². The van der Waals surface area contributed by atoms with Crippen LogP contribution in [-0.4, -0.2) is 36.1 Å². The molecule has 0 aromatic carbocycles. The van der Waals surface area contributed by atoms with Crippen molar-refractivity contribution >= 4 is 11.9 Å². The second-order valence-corrected chi connectivity index (χ2v) is 4.75. The van der Waals surface area contributed by atoms with Crippen LogP contribution in [0, 0.1) is 11.8 Å². The number of carbonyl (C=O) groups excluding carboxylic acids is 1. The first-order valence-electron chi connectivity index (χ1n) is 6.30. The molecule has 0 bridgehead atoms. The first-order valence-corrected chi connectivity index (χ1v) is 6.30. The average Bonchev–Trinajstić information content (AvgIpc) is 2.35. The van der Waals surface area contributed by atoms with Gasteiger partial charge in [0.15, 0.2) is 0 Å². The van der Waals surface area contributed by atoms with Gasteiger partial charge in [0, 0.05) is 6.54 Å². The fourth-order valence-corrected chi connectivity index (χ4v) is 2.03. The smallest absolute Gasteiger partial charge is 0.326 e. The third-order valence-electron chi connectivity index (χ3n) is 3.44. The van der Waals surface area contributed by atoms with Gasteiger partial charge in [0.05, 0.1) is 5.92 Å². The molecule has 1 aliphatic heterocycles. The molecule has 1 saturated heterocycles. The standard InChI is InChI=1S/C12H22N2O3/c1-3-8(2)10(12(16)17)14-11(15)9-5-4-6-13-7-9/h8-10,13H,3-7H2,1-2H3,(H,14,15)(H,16,17)/t8?,9-,10?/m0/s1. The molecule has 2 unspecified atom stereocenters. The summed E-state index contributed by atoms with van der Waals surface area (Å²) in [6.45, 7) is 5.36. The van der Waals surface area contributed by atoms with E-state index >= 15 is 0 Å². The summed E-state index contributed by atoms with van der Waals surface area (Å²) in [5, 5.41) is 14.9. The molecule has 17 heavy (non-hydrogen) atoms. The second-order valence-electron chi connectivity index (χ2n) is 4.75. The van der Waals surface area contributed by atoms with E-state index in [0.717, 1.165) is 25.8 Å². The van der Waals surface area contributed by atoms with E-state index in [1.807, 2.05) is 13.8 Å². The average molecular weight is 242 g/mol. The highest BCUT2D eigenvalue weighted by molar-refractivity contribution is 5.85. The van der Waals surface area contributed by atoms with Gasteiger partial charge < -0.3 is 15.7 Å². The van der Waals surface area contributed by atoms with Crippen LogP contribution in [0.5, 0.6) is 0 Å². The van der Waals surface area contributed by atoms with E-state index in [9.17, 15) is 9.59 Å². The van der Waals surface area contributed by atoms with Gasteiger partial charge in [-0.1, -0.05) is 20.3 Å². The van der Waals surface area contributed by atoms with Crippen LogP contribution >= 0.6 is 0 Å². The normalized spacial score (nSPS) is 23.8. The first kappa shape index (κ1) is 14.0. The largest absolute Gasteiger partial charge is 0.480 e. The predicted octanol–water partition coefficient (Wildman–Crippen LogP) is 0.602. The Balaban J connectivity index is 2.53. The van der Waals surface area contributed by atoms with Crippen molar-refractivity contribution in [2.75, 3.05) is 13.1 Å². The van der Waals surface area contributed by atoms with Gasteiger partial charge >= 0.3 is 5.97 Å². The monoisotopic (exact) mass is 242 g/mol. The lowest BCUT2D eigenvalue weighted by molar-refractivity contribution is -0.144. The third kappa shape index (κ3) is 4.00. The van der Waals surface area contributed by atoms with Crippen LogP contribution in [0.25, 0.3) is 0 Å². The van der Waals surface area contributed by atoms with Crippen molar-refractivity contribution < 1.29 is 14.7 Å². The molecule has 1 aliphatic rings. The van der Waals surface area contributed by atoms with Gasteiger partial charge in [-0.2, -0.15) is 0 Å². The van der Waals surface area contributed by atoms with E-state index in [0.29, 0.717) is 6.54 Å². The van der Waals surface area contributed by atoms with E-state index in [1.165, 1.54) is 0 Å². The summed E-state index contributed by atoms with van der Waals surface area (Å²) < 4.78 is 0. The van der Waals surface area contributed by atoms with Crippen molar-refractivity contribution in [1.82, 2.24) is 10.6 Å². The van der Waals surface area contributed by atoms with Crippen molar-refractivity contribution in [3.63, 3.8) is 0 Å². The summed E-state index contributed by atoms with van der Waals surface area (Å²) in [5.74, 6) is -1.22. The minimum atomic E-state index is -0.948. The molecular formula is C12H22N2O3. The van der Waals surface area contributed by atoms with Crippen LogP contribution in [0.2, 0.25) is 0 Å². The maximum Gasteiger partial charge on any atom is 0.326 e. The summed E-state index contributed by atoms with van der Waals surface area (Å²) in [4.78, 5) is 23.0. The van der Waals surface area contributed by atoms with Crippen molar-refractivity contribution in [2.24, 2.45) is 11.8 Å². The van der Waals surface area contributed by atoms with Crippen LogP contribution in [0.1, 0.15) is 33.1 Å². The van der Waals surface area contributed by atoms with Crippen LogP contribution in [0.3, 0.4) is 0 Å². The van der Waals surface area contributed by atoms with E-state index in [-0.39, 0.29) is 17.7 Å². The van der Waals surface area contributed by atoms with E-state index in [4.69, 9.17) is 5.11 Å². The lowest BCUT2D eigenvalue weighted by Crippen LogP contribution is -2.49. The van der Waals surface area contributed by atoms with Gasteiger partial charge in [-0.05, 0) is 25.3 Å². The molecule has 1 fully saturated rings. The van der Waals surface area contributed by atoms with Gasteiger partial charge in [-0.25, -0.2) is 4.79 Å². The first-order chi connectivity index (χ1) is 8.06. The molecule has 5 heteroatoms. The molecule has 1 rings (SSSR count). The Morgan fingerprint density at radius 3 is 2.71 bits per heavy atom. The highest BCUT2D eigenvalue weighted by Crippen LogP contribution is 2.13. The lowest BCUT2D eigenvalue weighted by atomic mass is 9.95. The van der Waals surface area contributed by atoms with Crippen molar-refractivity contribution in [3.8, 4) is 0 Å². The lowest BCUT2D eigenvalue weighted by Gasteiger charge is -2.26. The van der Waals surface area contributed by atoms with Gasteiger partial charge in [0.25, 0.3) is 0 Å². The molecule has 0 aliphatic carbocycles. The Morgan fingerprint density at radius 2 is 2.24 bits per heavy atom. The molecule has 0 aromatic heterocycles. The Bertz CT molecular complexity index is 275. The topological polar surface area (TPSA) is 78.4 Å². The van der Waals surface area contributed by atoms with Crippen molar-refractivity contribution in [2.45, 2.75) is 39.2 Å². The van der Waals surface area contributed by atoms with Crippen molar-refractivity contribution in [1.29, 1.82) is 0 Å². The maximum atomic E-state index is 11.9. The molecule has 5 nitrogen and oxygen atoms in total. The summed E-state index contributed by atoms with van der Waals surface area (Å²) in [6, 6.07) is -0.769. The minimum Gasteiger partial charge on any atom is -0.480 e. The molecule has 0 radical (unpaired) electrons. The number of carboxylic acid groups (broad SMARTS) is 1. The van der Waals surface area contributed by atoms with Gasteiger partial charge in [0.2, 0.25) is 5.91 Å². The van der Waals surface area contributed by atoms with Crippen LogP contribution in [-0.2, 0) is 9.59 Å². The molecular weight excluding hydrogens is 220 g/mol. The highest BCUT2D eigenvalue weighted by atomic mass is 16.4. The number of amides is 1. The highest BCUT2D eigenvalue weighted by Gasteiger charge is 2.29. The van der Waals surface area contributed by atoms with E-state index in [1.54, 1.807) is 0 Å². The van der Waals surface area contributed by atoms with Crippen LogP contribution < -0.4 is 10.6 Å². The predicted molar refractivity (Wildman–Crippen MR) is 64.6 cm³/mol. The van der Waals surface area contributed by atoms with E-state index < -0.39 is 12.0 Å². The molecule has 0 aromatic rings. The number of hydrogen-bond acceptors (Lipinski definition) is 3. The number of piperidine rings is 1. The summed E-state index contributed by atoms with van der Waals surface area (Å²) in [7, 11) is 0. The quantitative estimate of drug-likeness (QED) is 0.659. The Kier molecular flexibility index (Phi) is 5.41. The number of carbonyl (C=O) groups is 2. The Morgan fingerprint density at radius 1 is 1.53 bits per heavy atom. The summed E-state index contributed by atoms with van der Waals surface area (Å²) in [5.41, 5.74) is 0. The van der Waals surface area contributed by atoms with Crippen LogP contribution in [0.4, 0.5) is 0 Å². The number of hydrogen-bond donors (Lipinski definition) is 3. The van der Waals surface area contributed by atoms with Crippen molar-refractivity contribution in [3.05, 3.63) is 0 Å². The maximum absolute atomic E-state index is 11.9. The molecule has 0 spiro atoms. The number of rotatable bonds is 5. The number of aliphatic carboxylic acids is 1. The van der Waals surface area contributed by atoms with Gasteiger partial charge in [-0.3, -0.25) is 4.79 Å². The van der Waals surface area contributed by atoms with E-state index in [2.05, 4.69) is 10.6 Å². The second kappa shape index (κ2) is 6.59. The fourth-order valence-electron chi connectivity index (χ4n) is 2.03. The summed E-state index contributed by atoms with van der Waals surface area (Å²) >= 11 is 0. The molecule has 3 N–H and O–H groups in total.